The van der Waals surface area contributed by atoms with Crippen LogP contribution in [0.4, 0.5) is 0 Å². The quantitative estimate of drug-likeness (QED) is 0.129. The molecule has 0 fully saturated rings. The zero-order valence-electron chi connectivity index (χ0n) is 30.9. The summed E-state index contributed by atoms with van der Waals surface area (Å²) in [5.41, 5.74) is 14.6. The van der Waals surface area contributed by atoms with Gasteiger partial charge in [-0.3, -0.25) is 9.59 Å². The van der Waals surface area contributed by atoms with E-state index in [1.54, 1.807) is 0 Å². The topological polar surface area (TPSA) is 121 Å². The predicted molar refractivity (Wildman–Crippen MR) is 211 cm³/mol. The molecular weight excluding hydrogens is 636 g/mol. The second kappa shape index (κ2) is 16.4. The summed E-state index contributed by atoms with van der Waals surface area (Å²) in [5, 5.41) is 19.2. The average molecular weight is 689 g/mol. The van der Waals surface area contributed by atoms with Crippen LogP contribution in [0.25, 0.3) is 56.5 Å². The van der Waals surface area contributed by atoms with Gasteiger partial charge in [0.2, 0.25) is 0 Å². The highest BCUT2D eigenvalue weighted by Gasteiger charge is 2.23. The van der Waals surface area contributed by atoms with Crippen molar-refractivity contribution in [2.24, 2.45) is 0 Å². The highest BCUT2D eigenvalue weighted by Crippen LogP contribution is 2.38. The van der Waals surface area contributed by atoms with Gasteiger partial charge in [0.25, 0.3) is 0 Å². The number of carboxylic acid groups (broad SMARTS) is 2. The molecule has 5 rings (SSSR count). The van der Waals surface area contributed by atoms with Gasteiger partial charge in [-0.1, -0.05) is 70.8 Å². The number of H-pyrrole nitrogens is 1. The van der Waals surface area contributed by atoms with Gasteiger partial charge in [0.05, 0.1) is 28.3 Å². The third-order valence-electron chi connectivity index (χ3n) is 10.5. The minimum atomic E-state index is -0.881. The van der Waals surface area contributed by atoms with Crippen molar-refractivity contribution in [2.75, 3.05) is 0 Å². The Kier molecular flexibility index (Phi) is 12.0. The SMILES string of the molecule is C=Cc1c(C)c2cc3c(C=C)c(C)c(cc4nc(cc5nc(cc1[nH]2)C(C)=C5CCC(=O)O)C(CCC(=O)O)=C4C)n3CCCCCCCCC. The second-order valence-corrected chi connectivity index (χ2v) is 13.8. The summed E-state index contributed by atoms with van der Waals surface area (Å²) in [4.78, 5) is 37.3. The summed E-state index contributed by atoms with van der Waals surface area (Å²) in [7, 11) is 0. The first-order valence-corrected chi connectivity index (χ1v) is 18.3. The molecule has 5 heterocycles. The van der Waals surface area contributed by atoms with Crippen molar-refractivity contribution in [1.82, 2.24) is 19.5 Å². The van der Waals surface area contributed by atoms with Crippen LogP contribution >= 0.6 is 0 Å². The van der Waals surface area contributed by atoms with Gasteiger partial charge in [0.15, 0.2) is 0 Å². The number of hydrogen-bond acceptors (Lipinski definition) is 4. The number of hydrogen-bond donors (Lipinski definition) is 3. The fourth-order valence-corrected chi connectivity index (χ4v) is 7.45. The maximum atomic E-state index is 11.8. The van der Waals surface area contributed by atoms with E-state index in [-0.39, 0.29) is 12.8 Å². The normalized spacial score (nSPS) is 12.9. The van der Waals surface area contributed by atoms with Crippen molar-refractivity contribution in [2.45, 2.75) is 112 Å². The molecular formula is C43H52N4O4. The number of carboxylic acids is 2. The third-order valence-corrected chi connectivity index (χ3v) is 10.5. The van der Waals surface area contributed by atoms with E-state index in [1.807, 2.05) is 38.1 Å². The number of aromatic amines is 1. The Morgan fingerprint density at radius 3 is 1.78 bits per heavy atom. The summed E-state index contributed by atoms with van der Waals surface area (Å²) in [6.07, 6.45) is 12.8. The monoisotopic (exact) mass is 688 g/mol. The molecule has 51 heavy (non-hydrogen) atoms. The lowest BCUT2D eigenvalue weighted by Gasteiger charge is -2.08. The van der Waals surface area contributed by atoms with Gasteiger partial charge in [-0.25, -0.2) is 9.97 Å². The Labute approximate surface area is 301 Å². The first-order chi connectivity index (χ1) is 24.5. The zero-order valence-corrected chi connectivity index (χ0v) is 30.9. The molecule has 2 aliphatic rings. The molecule has 8 bridgehead atoms. The first-order valence-electron chi connectivity index (χ1n) is 18.3. The Bertz CT molecular complexity index is 2110. The van der Waals surface area contributed by atoms with Crippen molar-refractivity contribution >= 4 is 68.4 Å². The van der Waals surface area contributed by atoms with Crippen molar-refractivity contribution in [1.29, 1.82) is 0 Å². The molecule has 0 amide bonds. The van der Waals surface area contributed by atoms with E-state index in [4.69, 9.17) is 9.97 Å². The zero-order chi connectivity index (χ0) is 36.8. The molecule has 3 N–H and O–H groups in total. The van der Waals surface area contributed by atoms with E-state index in [0.717, 1.165) is 97.4 Å². The van der Waals surface area contributed by atoms with Crippen molar-refractivity contribution < 1.29 is 19.8 Å². The van der Waals surface area contributed by atoms with E-state index in [2.05, 4.69) is 55.6 Å². The van der Waals surface area contributed by atoms with E-state index in [1.165, 1.54) is 32.1 Å². The van der Waals surface area contributed by atoms with Gasteiger partial charge in [-0.2, -0.15) is 0 Å². The minimum absolute atomic E-state index is 0.0306. The van der Waals surface area contributed by atoms with Crippen molar-refractivity contribution in [3.63, 3.8) is 0 Å². The molecule has 0 spiro atoms. The molecule has 8 nitrogen and oxygen atoms in total. The third kappa shape index (κ3) is 8.01. The van der Waals surface area contributed by atoms with Crippen LogP contribution in [-0.2, 0) is 16.1 Å². The van der Waals surface area contributed by atoms with Crippen LogP contribution in [0, 0.1) is 13.8 Å². The number of aliphatic carboxylic acids is 2. The molecule has 0 atom stereocenters. The van der Waals surface area contributed by atoms with Gasteiger partial charge in [-0.15, -0.1) is 0 Å². The largest absolute Gasteiger partial charge is 0.481 e. The van der Waals surface area contributed by atoms with Gasteiger partial charge in [-0.05, 0) is 105 Å². The molecule has 0 unspecified atom stereocenters. The molecule has 3 aromatic rings. The van der Waals surface area contributed by atoms with Crippen LogP contribution in [0.3, 0.4) is 0 Å². The Morgan fingerprint density at radius 2 is 1.24 bits per heavy atom. The number of aryl methyl sites for hydroxylation is 3. The molecule has 3 aromatic heterocycles. The fourth-order valence-electron chi connectivity index (χ4n) is 7.45. The predicted octanol–water partition coefficient (Wildman–Crippen LogP) is 11.0. The van der Waals surface area contributed by atoms with Crippen LogP contribution in [0.1, 0.15) is 136 Å². The van der Waals surface area contributed by atoms with E-state index in [0.29, 0.717) is 24.2 Å². The van der Waals surface area contributed by atoms with E-state index in [9.17, 15) is 19.8 Å². The summed E-state index contributed by atoms with van der Waals surface area (Å²) in [6, 6.07) is 8.28. The Hall–Kier alpha value is -4.98. The van der Waals surface area contributed by atoms with Gasteiger partial charge in [0, 0.05) is 47.1 Å². The molecule has 0 saturated carbocycles. The molecule has 8 heteroatoms. The number of carbonyl (C=O) groups is 2. The Balaban J connectivity index is 1.85. The lowest BCUT2D eigenvalue weighted by atomic mass is 9.98. The van der Waals surface area contributed by atoms with Crippen LogP contribution < -0.4 is 0 Å². The lowest BCUT2D eigenvalue weighted by molar-refractivity contribution is -0.137. The first kappa shape index (κ1) is 37.3. The van der Waals surface area contributed by atoms with Crippen LogP contribution in [0.5, 0.6) is 0 Å². The lowest BCUT2D eigenvalue weighted by Crippen LogP contribution is -1.98. The number of unbranched alkanes of at least 4 members (excludes halogenated alkanes) is 6. The van der Waals surface area contributed by atoms with Gasteiger partial charge >= 0.3 is 11.9 Å². The highest BCUT2D eigenvalue weighted by molar-refractivity contribution is 5.97. The Morgan fingerprint density at radius 1 is 0.686 bits per heavy atom. The molecule has 0 radical (unpaired) electrons. The van der Waals surface area contributed by atoms with E-state index >= 15 is 0 Å². The molecule has 0 saturated heterocycles. The summed E-state index contributed by atoms with van der Waals surface area (Å²) < 4.78 is 2.40. The molecule has 0 aromatic carbocycles. The number of nitrogens with one attached hydrogen (secondary N) is 1. The molecule has 268 valence electrons. The minimum Gasteiger partial charge on any atom is -0.481 e. The smallest absolute Gasteiger partial charge is 0.303 e. The molecule has 2 aliphatic heterocycles. The second-order valence-electron chi connectivity index (χ2n) is 13.8. The summed E-state index contributed by atoms with van der Waals surface area (Å²) in [5.74, 6) is -1.76. The van der Waals surface area contributed by atoms with Crippen LogP contribution in [0.2, 0.25) is 0 Å². The standard InChI is InChI=1S/C43H52N4O4/c1-8-11-12-13-14-15-16-21-47-40-24-35-28(6)33(18-20-43(50)51)39(46-35)23-38-32(17-19-42(48)49)27(5)34(44-38)22-37-30(9-2)26(4)36(45-37)25-41(47)31(10-3)29(40)7/h9-10,22-25,45H,2-3,8,11-21H2,1,4-7H3,(H,48,49)(H,50,51). The van der Waals surface area contributed by atoms with Crippen molar-refractivity contribution in [3.8, 4) is 0 Å². The van der Waals surface area contributed by atoms with Gasteiger partial charge < -0.3 is 19.8 Å². The number of fused-ring (bicyclic) bond motifs is 8. The maximum absolute atomic E-state index is 11.8. The fraction of sp³-hybridized carbons (Fsp3) is 0.395. The summed E-state index contributed by atoms with van der Waals surface area (Å²) in [6.45, 7) is 19.7. The number of rotatable bonds is 16. The number of aromatic nitrogens is 4. The van der Waals surface area contributed by atoms with Gasteiger partial charge in [0.1, 0.15) is 0 Å². The summed E-state index contributed by atoms with van der Waals surface area (Å²) >= 11 is 0. The van der Waals surface area contributed by atoms with Crippen LogP contribution in [-0.4, -0.2) is 41.7 Å². The molecule has 0 aliphatic carbocycles. The average Bonchev–Trinajstić information content (AvgIpc) is 3.73. The number of allylic oxidation sites excluding steroid dienone is 4. The van der Waals surface area contributed by atoms with E-state index < -0.39 is 11.9 Å². The van der Waals surface area contributed by atoms with Crippen molar-refractivity contribution in [3.05, 3.63) is 82.5 Å². The number of nitrogens with zero attached hydrogens (tertiary/aromatic N) is 3. The van der Waals surface area contributed by atoms with Crippen LogP contribution in [0.15, 0.2) is 37.4 Å². The maximum Gasteiger partial charge on any atom is 0.303 e. The highest BCUT2D eigenvalue weighted by atomic mass is 16.4.